The molecule has 3 fully saturated rings. The third-order valence-corrected chi connectivity index (χ3v) is 6.71. The molecule has 1 aromatic rings. The molecule has 3 saturated carbocycles. The number of carbonyl (C=O) groups is 1. The Bertz CT molecular complexity index is 544. The average molecular weight is 330 g/mol. The molecule has 1 heterocycles. The van der Waals surface area contributed by atoms with Crippen molar-refractivity contribution in [2.24, 2.45) is 23.5 Å². The van der Waals surface area contributed by atoms with E-state index in [1.54, 1.807) is 0 Å². The van der Waals surface area contributed by atoms with Crippen molar-refractivity contribution >= 4 is 5.91 Å². The van der Waals surface area contributed by atoms with Crippen LogP contribution in [-0.4, -0.2) is 27.8 Å². The number of nitrogens with zero attached hydrogens (tertiary/aromatic N) is 2. The molecular formula is C19H30N4O. The van der Waals surface area contributed by atoms with Crippen molar-refractivity contribution in [1.82, 2.24) is 15.1 Å². The first-order valence-corrected chi connectivity index (χ1v) is 9.77. The SMILES string of the molecule is NC1C2CCCC1CC(C(=O)NC1CCCCC1n1cccn1)C2. The minimum Gasteiger partial charge on any atom is -0.351 e. The van der Waals surface area contributed by atoms with Gasteiger partial charge < -0.3 is 11.1 Å². The highest BCUT2D eigenvalue weighted by Crippen LogP contribution is 2.42. The van der Waals surface area contributed by atoms with Crippen LogP contribution in [0.1, 0.15) is 63.8 Å². The number of rotatable bonds is 3. The number of fused-ring (bicyclic) bond motifs is 2. The molecule has 1 aromatic heterocycles. The Balaban J connectivity index is 1.41. The monoisotopic (exact) mass is 330 g/mol. The summed E-state index contributed by atoms with van der Waals surface area (Å²) in [5, 5.41) is 7.81. The molecule has 2 bridgehead atoms. The molecule has 0 saturated heterocycles. The van der Waals surface area contributed by atoms with Gasteiger partial charge in [-0.15, -0.1) is 0 Å². The second-order valence-corrected chi connectivity index (χ2v) is 8.15. The maximum absolute atomic E-state index is 12.9. The first-order chi connectivity index (χ1) is 11.7. The van der Waals surface area contributed by atoms with Gasteiger partial charge in [0, 0.05) is 24.4 Å². The van der Waals surface area contributed by atoms with Gasteiger partial charge in [0.05, 0.1) is 12.1 Å². The van der Waals surface area contributed by atoms with Crippen molar-refractivity contribution in [3.8, 4) is 0 Å². The molecule has 3 aliphatic carbocycles. The van der Waals surface area contributed by atoms with Crippen LogP contribution in [0.3, 0.4) is 0 Å². The molecule has 1 amide bonds. The predicted molar refractivity (Wildman–Crippen MR) is 93.2 cm³/mol. The van der Waals surface area contributed by atoms with Crippen molar-refractivity contribution in [3.05, 3.63) is 18.5 Å². The van der Waals surface area contributed by atoms with Gasteiger partial charge in [-0.3, -0.25) is 9.48 Å². The molecule has 4 unspecified atom stereocenters. The van der Waals surface area contributed by atoms with E-state index in [4.69, 9.17) is 5.73 Å². The highest BCUT2D eigenvalue weighted by atomic mass is 16.2. The van der Waals surface area contributed by atoms with Crippen LogP contribution in [0, 0.1) is 17.8 Å². The average Bonchev–Trinajstić information content (AvgIpc) is 3.09. The fourth-order valence-electron chi connectivity index (χ4n) is 5.38. The Morgan fingerprint density at radius 2 is 1.83 bits per heavy atom. The Labute approximate surface area is 144 Å². The summed E-state index contributed by atoms with van der Waals surface area (Å²) in [6.07, 6.45) is 14.1. The lowest BCUT2D eigenvalue weighted by Gasteiger charge is -2.44. The van der Waals surface area contributed by atoms with Gasteiger partial charge in [-0.1, -0.05) is 19.3 Å². The van der Waals surface area contributed by atoms with E-state index in [1.165, 1.54) is 32.1 Å². The number of aromatic nitrogens is 2. The van der Waals surface area contributed by atoms with Crippen LogP contribution in [0.25, 0.3) is 0 Å². The summed E-state index contributed by atoms with van der Waals surface area (Å²) >= 11 is 0. The summed E-state index contributed by atoms with van der Waals surface area (Å²) in [4.78, 5) is 12.9. The summed E-state index contributed by atoms with van der Waals surface area (Å²) in [6.45, 7) is 0. The lowest BCUT2D eigenvalue weighted by atomic mass is 9.65. The zero-order chi connectivity index (χ0) is 16.5. The van der Waals surface area contributed by atoms with E-state index >= 15 is 0 Å². The molecule has 0 aromatic carbocycles. The number of carbonyl (C=O) groups excluding carboxylic acids is 1. The zero-order valence-corrected chi connectivity index (χ0v) is 14.4. The molecule has 0 aliphatic heterocycles. The quantitative estimate of drug-likeness (QED) is 0.895. The molecule has 4 rings (SSSR count). The second-order valence-electron chi connectivity index (χ2n) is 8.15. The topological polar surface area (TPSA) is 72.9 Å². The van der Waals surface area contributed by atoms with Crippen LogP contribution < -0.4 is 11.1 Å². The van der Waals surface area contributed by atoms with E-state index in [-0.39, 0.29) is 17.9 Å². The summed E-state index contributed by atoms with van der Waals surface area (Å²) in [5.74, 6) is 1.55. The third kappa shape index (κ3) is 3.10. The molecule has 0 radical (unpaired) electrons. The smallest absolute Gasteiger partial charge is 0.223 e. The van der Waals surface area contributed by atoms with Crippen LogP contribution in [0.2, 0.25) is 0 Å². The van der Waals surface area contributed by atoms with E-state index in [9.17, 15) is 4.79 Å². The molecular weight excluding hydrogens is 300 g/mol. The van der Waals surface area contributed by atoms with Crippen molar-refractivity contribution in [2.75, 3.05) is 0 Å². The molecule has 5 nitrogen and oxygen atoms in total. The van der Waals surface area contributed by atoms with E-state index in [2.05, 4.69) is 10.4 Å². The van der Waals surface area contributed by atoms with Crippen molar-refractivity contribution in [2.45, 2.75) is 75.9 Å². The highest BCUT2D eigenvalue weighted by molar-refractivity contribution is 5.79. The molecule has 4 atom stereocenters. The number of nitrogens with two attached hydrogens (primary N) is 1. The van der Waals surface area contributed by atoms with Crippen molar-refractivity contribution in [3.63, 3.8) is 0 Å². The zero-order valence-electron chi connectivity index (χ0n) is 14.4. The van der Waals surface area contributed by atoms with E-state index in [0.29, 0.717) is 23.9 Å². The fourth-order valence-corrected chi connectivity index (χ4v) is 5.38. The van der Waals surface area contributed by atoms with E-state index in [1.807, 2.05) is 23.1 Å². The molecule has 5 heteroatoms. The van der Waals surface area contributed by atoms with Crippen molar-refractivity contribution < 1.29 is 4.79 Å². The third-order valence-electron chi connectivity index (χ3n) is 6.71. The Morgan fingerprint density at radius 1 is 1.08 bits per heavy atom. The minimum atomic E-state index is 0.167. The van der Waals surface area contributed by atoms with Crippen LogP contribution in [0.4, 0.5) is 0 Å². The number of hydrogen-bond donors (Lipinski definition) is 2. The van der Waals surface area contributed by atoms with Gasteiger partial charge in [-0.25, -0.2) is 0 Å². The van der Waals surface area contributed by atoms with E-state index in [0.717, 1.165) is 25.7 Å². The van der Waals surface area contributed by atoms with Gasteiger partial charge >= 0.3 is 0 Å². The number of nitrogens with one attached hydrogen (secondary N) is 1. The molecule has 24 heavy (non-hydrogen) atoms. The maximum atomic E-state index is 12.9. The lowest BCUT2D eigenvalue weighted by molar-refractivity contribution is -0.129. The van der Waals surface area contributed by atoms with Gasteiger partial charge in [-0.2, -0.15) is 5.10 Å². The molecule has 3 N–H and O–H groups in total. The highest BCUT2D eigenvalue weighted by Gasteiger charge is 2.41. The van der Waals surface area contributed by atoms with Crippen LogP contribution >= 0.6 is 0 Å². The van der Waals surface area contributed by atoms with Gasteiger partial charge in [0.1, 0.15) is 0 Å². The van der Waals surface area contributed by atoms with Gasteiger partial charge in [0.2, 0.25) is 5.91 Å². The summed E-state index contributed by atoms with van der Waals surface area (Å²) in [7, 11) is 0. The first kappa shape index (κ1) is 16.1. The lowest BCUT2D eigenvalue weighted by Crippen LogP contribution is -2.51. The molecule has 3 aliphatic rings. The van der Waals surface area contributed by atoms with Gasteiger partial charge in [-0.05, 0) is 56.4 Å². The Kier molecular flexibility index (Phi) is 4.61. The Hall–Kier alpha value is -1.36. The minimum absolute atomic E-state index is 0.167. The maximum Gasteiger partial charge on any atom is 0.223 e. The normalized spacial score (nSPS) is 39.4. The summed E-state index contributed by atoms with van der Waals surface area (Å²) < 4.78 is 2.04. The summed E-state index contributed by atoms with van der Waals surface area (Å²) in [6, 6.07) is 2.83. The Morgan fingerprint density at radius 3 is 2.54 bits per heavy atom. The van der Waals surface area contributed by atoms with Gasteiger partial charge in [0.15, 0.2) is 0 Å². The van der Waals surface area contributed by atoms with Gasteiger partial charge in [0.25, 0.3) is 0 Å². The standard InChI is InChI=1S/C19H30N4O/c20-18-13-5-3-6-14(18)12-15(11-13)19(24)22-16-7-1-2-8-17(16)23-10-4-9-21-23/h4,9-10,13-18H,1-3,5-8,11-12,20H2,(H,22,24). The molecule has 132 valence electrons. The number of amides is 1. The van der Waals surface area contributed by atoms with Crippen molar-refractivity contribution in [1.29, 1.82) is 0 Å². The summed E-state index contributed by atoms with van der Waals surface area (Å²) in [5.41, 5.74) is 6.37. The van der Waals surface area contributed by atoms with Crippen LogP contribution in [0.5, 0.6) is 0 Å². The second kappa shape index (κ2) is 6.87. The van der Waals surface area contributed by atoms with Crippen LogP contribution in [0.15, 0.2) is 18.5 Å². The number of hydrogen-bond acceptors (Lipinski definition) is 3. The largest absolute Gasteiger partial charge is 0.351 e. The van der Waals surface area contributed by atoms with E-state index < -0.39 is 0 Å². The van der Waals surface area contributed by atoms with Crippen LogP contribution in [-0.2, 0) is 4.79 Å². The molecule has 0 spiro atoms. The fraction of sp³-hybridized carbons (Fsp3) is 0.789. The first-order valence-electron chi connectivity index (χ1n) is 9.77. The predicted octanol–water partition coefficient (Wildman–Crippen LogP) is 2.64.